The molecule has 0 radical (unpaired) electrons. The molecule has 0 aromatic heterocycles. The summed E-state index contributed by atoms with van der Waals surface area (Å²) in [5.41, 5.74) is 0.838. The van der Waals surface area contributed by atoms with Crippen LogP contribution in [0.1, 0.15) is 32.3 Å². The summed E-state index contributed by atoms with van der Waals surface area (Å²) in [7, 11) is -0.304. The maximum atomic E-state index is 11.8. The van der Waals surface area contributed by atoms with E-state index < -0.39 is 10.0 Å². The molecule has 1 aromatic carbocycles. The van der Waals surface area contributed by atoms with Gasteiger partial charge >= 0.3 is 0 Å². The molecule has 0 saturated carbocycles. The molecule has 1 rings (SSSR count). The van der Waals surface area contributed by atoms with E-state index in [1.807, 2.05) is 0 Å². The first kappa shape index (κ1) is 26.6. The van der Waals surface area contributed by atoms with Gasteiger partial charge in [-0.3, -0.25) is 4.79 Å². The summed E-state index contributed by atoms with van der Waals surface area (Å²) >= 11 is 0. The molecule has 10 heteroatoms. The Kier molecular flexibility index (Phi) is 12.3. The SMILES string of the molecule is CCC(CC)CNC(=NCc1ccc(S(N)(=O)=O)cc1)NCC(=O)N(C)C.I. The van der Waals surface area contributed by atoms with Gasteiger partial charge in [-0.05, 0) is 23.6 Å². The highest BCUT2D eigenvalue weighted by atomic mass is 127. The van der Waals surface area contributed by atoms with Crippen molar-refractivity contribution >= 4 is 45.9 Å². The molecule has 0 saturated heterocycles. The number of aliphatic imine (C=N–C) groups is 1. The van der Waals surface area contributed by atoms with Gasteiger partial charge in [-0.25, -0.2) is 18.5 Å². The molecule has 1 amide bonds. The van der Waals surface area contributed by atoms with Crippen LogP contribution in [0.5, 0.6) is 0 Å². The first-order valence-corrected chi connectivity index (χ1v) is 10.6. The number of nitrogens with zero attached hydrogens (tertiary/aromatic N) is 2. The number of rotatable bonds is 9. The molecule has 1 aromatic rings. The standard InChI is InChI=1S/C18H31N5O3S.HI/c1-5-14(6-2)11-20-18(22-13-17(24)23(3)4)21-12-15-7-9-16(10-8-15)27(19,25)26;/h7-10,14H,5-6,11-13H2,1-4H3,(H2,19,25,26)(H2,20,21,22);1H. The van der Waals surface area contributed by atoms with Crippen molar-refractivity contribution in [1.82, 2.24) is 15.5 Å². The predicted molar refractivity (Wildman–Crippen MR) is 123 cm³/mol. The van der Waals surface area contributed by atoms with Gasteiger partial charge in [-0.15, -0.1) is 24.0 Å². The van der Waals surface area contributed by atoms with Gasteiger partial charge in [0.1, 0.15) is 0 Å². The van der Waals surface area contributed by atoms with Gasteiger partial charge in [0, 0.05) is 20.6 Å². The molecular formula is C18H32IN5O3S. The number of hydrogen-bond acceptors (Lipinski definition) is 4. The van der Waals surface area contributed by atoms with Crippen molar-refractivity contribution in [1.29, 1.82) is 0 Å². The normalized spacial score (nSPS) is 11.7. The Morgan fingerprint density at radius 2 is 1.71 bits per heavy atom. The van der Waals surface area contributed by atoms with Crippen molar-refractivity contribution in [2.24, 2.45) is 16.0 Å². The topological polar surface area (TPSA) is 117 Å². The maximum Gasteiger partial charge on any atom is 0.241 e. The minimum atomic E-state index is -3.70. The quantitative estimate of drug-likeness (QED) is 0.257. The first-order chi connectivity index (χ1) is 12.7. The Hall–Kier alpha value is -1.40. The van der Waals surface area contributed by atoms with Crippen LogP contribution in [0.2, 0.25) is 0 Å². The highest BCUT2D eigenvalue weighted by Gasteiger charge is 2.09. The molecule has 4 N–H and O–H groups in total. The minimum Gasteiger partial charge on any atom is -0.356 e. The van der Waals surface area contributed by atoms with Gasteiger partial charge in [-0.2, -0.15) is 0 Å². The number of primary sulfonamides is 1. The van der Waals surface area contributed by atoms with Crippen molar-refractivity contribution in [3.05, 3.63) is 29.8 Å². The number of nitrogens with two attached hydrogens (primary N) is 1. The van der Waals surface area contributed by atoms with Crippen molar-refractivity contribution in [3.63, 3.8) is 0 Å². The van der Waals surface area contributed by atoms with Crippen molar-refractivity contribution in [3.8, 4) is 0 Å². The zero-order valence-electron chi connectivity index (χ0n) is 16.9. The Labute approximate surface area is 185 Å². The molecule has 0 aliphatic rings. The van der Waals surface area contributed by atoms with E-state index in [1.54, 1.807) is 26.2 Å². The average molecular weight is 525 g/mol. The third kappa shape index (κ3) is 9.69. The second kappa shape index (κ2) is 12.9. The summed E-state index contributed by atoms with van der Waals surface area (Å²) < 4.78 is 22.6. The molecule has 0 aliphatic heterocycles. The summed E-state index contributed by atoms with van der Waals surface area (Å²) in [5, 5.41) is 11.4. The maximum absolute atomic E-state index is 11.8. The molecular weight excluding hydrogens is 493 g/mol. The summed E-state index contributed by atoms with van der Waals surface area (Å²) in [4.78, 5) is 17.9. The number of likely N-dealkylation sites (N-methyl/N-ethyl adjacent to an activating group) is 1. The van der Waals surface area contributed by atoms with E-state index in [0.29, 0.717) is 18.4 Å². The lowest BCUT2D eigenvalue weighted by Gasteiger charge is -2.18. The third-order valence-electron chi connectivity index (χ3n) is 4.29. The molecule has 0 aliphatic carbocycles. The van der Waals surface area contributed by atoms with E-state index in [2.05, 4.69) is 29.5 Å². The van der Waals surface area contributed by atoms with E-state index in [1.165, 1.54) is 17.0 Å². The van der Waals surface area contributed by atoms with Gasteiger partial charge in [0.2, 0.25) is 15.9 Å². The number of halogens is 1. The molecule has 0 atom stereocenters. The Balaban J connectivity index is 0.00000729. The summed E-state index contributed by atoms with van der Waals surface area (Å²) in [6.07, 6.45) is 2.12. The van der Waals surface area contributed by atoms with Crippen LogP contribution in [0.4, 0.5) is 0 Å². The largest absolute Gasteiger partial charge is 0.356 e. The van der Waals surface area contributed by atoms with E-state index in [0.717, 1.165) is 24.9 Å². The van der Waals surface area contributed by atoms with Crippen molar-refractivity contribution in [2.75, 3.05) is 27.2 Å². The molecule has 0 bridgehead atoms. The van der Waals surface area contributed by atoms with E-state index >= 15 is 0 Å². The van der Waals surface area contributed by atoms with Crippen LogP contribution < -0.4 is 15.8 Å². The Morgan fingerprint density at radius 3 is 2.18 bits per heavy atom. The molecule has 0 heterocycles. The predicted octanol–water partition coefficient (Wildman–Crippen LogP) is 1.51. The van der Waals surface area contributed by atoms with Crippen molar-refractivity contribution in [2.45, 2.75) is 38.1 Å². The van der Waals surface area contributed by atoms with Crippen LogP contribution >= 0.6 is 24.0 Å². The molecule has 28 heavy (non-hydrogen) atoms. The van der Waals surface area contributed by atoms with Crippen LogP contribution in [0.25, 0.3) is 0 Å². The summed E-state index contributed by atoms with van der Waals surface area (Å²) in [6, 6.07) is 6.26. The van der Waals surface area contributed by atoms with Gasteiger partial charge < -0.3 is 15.5 Å². The number of guanidine groups is 1. The number of carbonyl (C=O) groups excluding carboxylic acids is 1. The highest BCUT2D eigenvalue weighted by molar-refractivity contribution is 14.0. The molecule has 0 unspecified atom stereocenters. The van der Waals surface area contributed by atoms with Gasteiger partial charge in [0.15, 0.2) is 5.96 Å². The second-order valence-corrected chi connectivity index (χ2v) is 8.12. The van der Waals surface area contributed by atoms with Gasteiger partial charge in [0.05, 0.1) is 18.0 Å². The van der Waals surface area contributed by atoms with Crippen LogP contribution in [0.15, 0.2) is 34.2 Å². The fraction of sp³-hybridized carbons (Fsp3) is 0.556. The van der Waals surface area contributed by atoms with Crippen LogP contribution in [0, 0.1) is 5.92 Å². The fourth-order valence-corrected chi connectivity index (χ4v) is 2.78. The van der Waals surface area contributed by atoms with Crippen LogP contribution in [0.3, 0.4) is 0 Å². The molecule has 160 valence electrons. The Morgan fingerprint density at radius 1 is 1.14 bits per heavy atom. The summed E-state index contributed by atoms with van der Waals surface area (Å²) in [5.74, 6) is 1.02. The third-order valence-corrected chi connectivity index (χ3v) is 5.22. The van der Waals surface area contributed by atoms with E-state index in [-0.39, 0.29) is 41.3 Å². The first-order valence-electron chi connectivity index (χ1n) is 9.01. The Bertz CT molecular complexity index is 732. The number of amides is 1. The highest BCUT2D eigenvalue weighted by Crippen LogP contribution is 2.09. The van der Waals surface area contributed by atoms with Gasteiger partial charge in [0.25, 0.3) is 0 Å². The number of benzene rings is 1. The lowest BCUT2D eigenvalue weighted by atomic mass is 10.0. The second-order valence-electron chi connectivity index (χ2n) is 6.56. The molecule has 0 fully saturated rings. The van der Waals surface area contributed by atoms with Crippen LogP contribution in [-0.2, 0) is 21.4 Å². The van der Waals surface area contributed by atoms with E-state index in [9.17, 15) is 13.2 Å². The average Bonchev–Trinajstić information content (AvgIpc) is 2.63. The number of nitrogens with one attached hydrogen (secondary N) is 2. The van der Waals surface area contributed by atoms with Crippen molar-refractivity contribution < 1.29 is 13.2 Å². The summed E-state index contributed by atoms with van der Waals surface area (Å²) in [6.45, 7) is 5.54. The minimum absolute atomic E-state index is 0. The zero-order valence-corrected chi connectivity index (χ0v) is 20.1. The fourth-order valence-electron chi connectivity index (χ4n) is 2.27. The lowest BCUT2D eigenvalue weighted by Crippen LogP contribution is -2.44. The smallest absolute Gasteiger partial charge is 0.241 e. The lowest BCUT2D eigenvalue weighted by molar-refractivity contribution is -0.127. The monoisotopic (exact) mass is 525 g/mol. The molecule has 0 spiro atoms. The van der Waals surface area contributed by atoms with Gasteiger partial charge in [-0.1, -0.05) is 38.8 Å². The number of hydrogen-bond donors (Lipinski definition) is 3. The zero-order chi connectivity index (χ0) is 20.4. The van der Waals surface area contributed by atoms with E-state index in [4.69, 9.17) is 5.14 Å². The molecule has 8 nitrogen and oxygen atoms in total. The number of sulfonamides is 1. The number of carbonyl (C=O) groups is 1. The van der Waals surface area contributed by atoms with Crippen LogP contribution in [-0.4, -0.2) is 52.4 Å².